The fourth-order valence-electron chi connectivity index (χ4n) is 4.18. The van der Waals surface area contributed by atoms with Crippen molar-refractivity contribution in [2.75, 3.05) is 19.6 Å². The highest BCUT2D eigenvalue weighted by Gasteiger charge is 2.48. The fraction of sp³-hybridized carbons (Fsp3) is 0.579. The molecular formula is C19H25N5O2. The van der Waals surface area contributed by atoms with Gasteiger partial charge in [0.2, 0.25) is 17.7 Å². The second-order valence-electron chi connectivity index (χ2n) is 7.68. The average molecular weight is 355 g/mol. The summed E-state index contributed by atoms with van der Waals surface area (Å²) in [5, 5.41) is 8.29. The Morgan fingerprint density at radius 2 is 2.15 bits per heavy atom. The Morgan fingerprint density at radius 1 is 1.27 bits per heavy atom. The van der Waals surface area contributed by atoms with E-state index in [1.54, 1.807) is 12.4 Å². The van der Waals surface area contributed by atoms with E-state index in [4.69, 9.17) is 4.42 Å². The van der Waals surface area contributed by atoms with E-state index < -0.39 is 0 Å². The van der Waals surface area contributed by atoms with E-state index in [1.807, 2.05) is 17.0 Å². The van der Waals surface area contributed by atoms with Crippen LogP contribution in [0, 0.1) is 5.41 Å². The average Bonchev–Trinajstić information content (AvgIpc) is 3.26. The van der Waals surface area contributed by atoms with Crippen LogP contribution < -0.4 is 0 Å². The lowest BCUT2D eigenvalue weighted by Crippen LogP contribution is -2.52. The topological polar surface area (TPSA) is 75.4 Å². The van der Waals surface area contributed by atoms with Crippen molar-refractivity contribution < 1.29 is 9.21 Å². The zero-order valence-corrected chi connectivity index (χ0v) is 15.4. The third-order valence-electron chi connectivity index (χ3n) is 5.56. The van der Waals surface area contributed by atoms with Crippen molar-refractivity contribution in [3.05, 3.63) is 30.4 Å². The quantitative estimate of drug-likeness (QED) is 0.838. The van der Waals surface area contributed by atoms with Gasteiger partial charge in [0.15, 0.2) is 0 Å². The summed E-state index contributed by atoms with van der Waals surface area (Å²) in [4.78, 5) is 21.4. The number of likely N-dealkylation sites (tertiary alicyclic amines) is 2. The van der Waals surface area contributed by atoms with Crippen LogP contribution in [-0.4, -0.2) is 56.6 Å². The molecule has 0 aromatic carbocycles. The molecule has 2 aliphatic heterocycles. The lowest BCUT2D eigenvalue weighted by atomic mass is 9.78. The number of carbonyl (C=O) groups excluding carboxylic acids is 1. The van der Waals surface area contributed by atoms with Gasteiger partial charge in [-0.25, -0.2) is 0 Å². The van der Waals surface area contributed by atoms with E-state index in [0.29, 0.717) is 24.2 Å². The van der Waals surface area contributed by atoms with Crippen molar-refractivity contribution in [2.24, 2.45) is 5.41 Å². The Bertz CT molecular complexity index is 775. The van der Waals surface area contributed by atoms with Gasteiger partial charge in [0, 0.05) is 31.5 Å². The molecule has 2 fully saturated rings. The summed E-state index contributed by atoms with van der Waals surface area (Å²) < 4.78 is 5.79. The summed E-state index contributed by atoms with van der Waals surface area (Å²) in [5.74, 6) is 1.40. The van der Waals surface area contributed by atoms with Crippen molar-refractivity contribution in [3.8, 4) is 11.5 Å². The van der Waals surface area contributed by atoms with E-state index in [2.05, 4.69) is 33.9 Å². The molecule has 0 aliphatic carbocycles. The number of aromatic nitrogens is 3. The summed E-state index contributed by atoms with van der Waals surface area (Å²) in [6.45, 7) is 7.34. The van der Waals surface area contributed by atoms with E-state index in [0.717, 1.165) is 44.5 Å². The molecule has 0 radical (unpaired) electrons. The molecule has 7 nitrogen and oxygen atoms in total. The van der Waals surface area contributed by atoms with Crippen molar-refractivity contribution in [1.29, 1.82) is 0 Å². The third-order valence-corrected chi connectivity index (χ3v) is 5.56. The lowest BCUT2D eigenvalue weighted by Gasteiger charge is -2.41. The molecule has 2 aromatic heterocycles. The van der Waals surface area contributed by atoms with Gasteiger partial charge in [-0.05, 0) is 51.8 Å². The van der Waals surface area contributed by atoms with Gasteiger partial charge in [-0.2, -0.15) is 0 Å². The molecule has 0 unspecified atom stereocenters. The van der Waals surface area contributed by atoms with Crippen LogP contribution in [0.15, 0.2) is 28.9 Å². The summed E-state index contributed by atoms with van der Waals surface area (Å²) in [5.41, 5.74) is 0.591. The summed E-state index contributed by atoms with van der Waals surface area (Å²) >= 11 is 0. The van der Waals surface area contributed by atoms with Gasteiger partial charge in [-0.1, -0.05) is 0 Å². The predicted octanol–water partition coefficient (Wildman–Crippen LogP) is 2.35. The first kappa shape index (κ1) is 17.1. The summed E-state index contributed by atoms with van der Waals surface area (Å²) in [7, 11) is 0. The smallest absolute Gasteiger partial charge is 0.249 e. The Morgan fingerprint density at radius 3 is 2.92 bits per heavy atom. The van der Waals surface area contributed by atoms with Crippen LogP contribution in [0.1, 0.15) is 39.0 Å². The monoisotopic (exact) mass is 355 g/mol. The zero-order chi connectivity index (χ0) is 18.1. The minimum Gasteiger partial charge on any atom is -0.419 e. The van der Waals surface area contributed by atoms with E-state index >= 15 is 0 Å². The molecule has 1 spiro atoms. The van der Waals surface area contributed by atoms with E-state index in [-0.39, 0.29) is 11.5 Å². The molecule has 1 atom stereocenters. The number of pyridine rings is 1. The molecule has 0 bridgehead atoms. The maximum absolute atomic E-state index is 13.0. The third kappa shape index (κ3) is 3.11. The summed E-state index contributed by atoms with van der Waals surface area (Å²) in [6.07, 6.45) is 6.41. The maximum Gasteiger partial charge on any atom is 0.249 e. The molecular weight excluding hydrogens is 330 g/mol. The second kappa shape index (κ2) is 6.79. The molecule has 26 heavy (non-hydrogen) atoms. The molecule has 4 heterocycles. The van der Waals surface area contributed by atoms with Crippen molar-refractivity contribution in [2.45, 2.75) is 45.7 Å². The molecule has 2 aliphatic rings. The van der Waals surface area contributed by atoms with Gasteiger partial charge in [0.25, 0.3) is 0 Å². The predicted molar refractivity (Wildman–Crippen MR) is 95.9 cm³/mol. The fourth-order valence-corrected chi connectivity index (χ4v) is 4.18. The van der Waals surface area contributed by atoms with Gasteiger partial charge >= 0.3 is 0 Å². The first-order chi connectivity index (χ1) is 12.6. The number of hydrogen-bond donors (Lipinski definition) is 0. The van der Waals surface area contributed by atoms with Crippen LogP contribution in [0.2, 0.25) is 0 Å². The minimum atomic E-state index is -0.227. The zero-order valence-electron chi connectivity index (χ0n) is 15.4. The Hall–Kier alpha value is -2.28. The first-order valence-electron chi connectivity index (χ1n) is 9.34. The Labute approximate surface area is 153 Å². The van der Waals surface area contributed by atoms with Crippen molar-refractivity contribution in [1.82, 2.24) is 25.0 Å². The number of piperidine rings is 1. The van der Waals surface area contributed by atoms with Crippen LogP contribution in [0.5, 0.6) is 0 Å². The van der Waals surface area contributed by atoms with E-state index in [9.17, 15) is 4.79 Å². The van der Waals surface area contributed by atoms with Crippen LogP contribution in [0.4, 0.5) is 0 Å². The highest BCUT2D eigenvalue weighted by Crippen LogP contribution is 2.41. The molecule has 138 valence electrons. The molecule has 1 amide bonds. The van der Waals surface area contributed by atoms with Crippen molar-refractivity contribution in [3.63, 3.8) is 0 Å². The summed E-state index contributed by atoms with van der Waals surface area (Å²) in [6, 6.07) is 4.02. The van der Waals surface area contributed by atoms with Gasteiger partial charge in [-0.3, -0.25) is 14.7 Å². The van der Waals surface area contributed by atoms with Gasteiger partial charge in [0.1, 0.15) is 0 Å². The van der Waals surface area contributed by atoms with Gasteiger partial charge in [0.05, 0.1) is 17.5 Å². The number of hydrogen-bond acceptors (Lipinski definition) is 6. The highest BCUT2D eigenvalue weighted by atomic mass is 16.4. The standard InChI is InChI=1S/C19H25N5O2/c1-14(2)24-9-4-6-19(18(24)25)7-10-23(13-19)12-16-21-22-17(26-16)15-5-3-8-20-11-15/h3,5,8,11,14H,4,6-7,9-10,12-13H2,1-2H3/t19-/m1/s1. The maximum atomic E-state index is 13.0. The molecule has 0 saturated carbocycles. The number of rotatable bonds is 4. The van der Waals surface area contributed by atoms with Gasteiger partial charge in [-0.15, -0.1) is 10.2 Å². The van der Waals surface area contributed by atoms with Crippen LogP contribution in [-0.2, 0) is 11.3 Å². The molecule has 7 heteroatoms. The van der Waals surface area contributed by atoms with Gasteiger partial charge < -0.3 is 9.32 Å². The first-order valence-corrected chi connectivity index (χ1v) is 9.34. The number of nitrogens with zero attached hydrogens (tertiary/aromatic N) is 5. The Balaban J connectivity index is 1.43. The molecule has 2 aromatic rings. The van der Waals surface area contributed by atoms with Crippen molar-refractivity contribution >= 4 is 5.91 Å². The molecule has 0 N–H and O–H groups in total. The second-order valence-corrected chi connectivity index (χ2v) is 7.68. The van der Waals surface area contributed by atoms with Crippen LogP contribution >= 0.6 is 0 Å². The Kier molecular flexibility index (Phi) is 4.48. The number of amides is 1. The minimum absolute atomic E-state index is 0.227. The molecule has 2 saturated heterocycles. The number of carbonyl (C=O) groups is 1. The van der Waals surface area contributed by atoms with Crippen LogP contribution in [0.25, 0.3) is 11.5 Å². The lowest BCUT2D eigenvalue weighted by molar-refractivity contribution is -0.147. The van der Waals surface area contributed by atoms with E-state index in [1.165, 1.54) is 0 Å². The largest absolute Gasteiger partial charge is 0.419 e. The molecule has 4 rings (SSSR count). The SMILES string of the molecule is CC(C)N1CCC[C@]2(CCN(Cc3nnc(-c4cccnc4)o3)C2)C1=O. The highest BCUT2D eigenvalue weighted by molar-refractivity contribution is 5.84. The normalized spacial score (nSPS) is 24.1. The van der Waals surface area contributed by atoms with Crippen LogP contribution in [0.3, 0.4) is 0 Å².